The summed E-state index contributed by atoms with van der Waals surface area (Å²) >= 11 is 1.81. The van der Waals surface area contributed by atoms with E-state index < -0.39 is 5.54 Å². The first-order valence-corrected chi connectivity index (χ1v) is 8.22. The molecule has 0 saturated heterocycles. The zero-order valence-corrected chi connectivity index (χ0v) is 13.7. The number of carbonyl (C=O) groups is 1. The van der Waals surface area contributed by atoms with Crippen molar-refractivity contribution in [3.63, 3.8) is 0 Å². The topological polar surface area (TPSA) is 55.1 Å². The van der Waals surface area contributed by atoms with Crippen molar-refractivity contribution in [3.05, 3.63) is 29.8 Å². The van der Waals surface area contributed by atoms with Crippen molar-refractivity contribution in [1.29, 1.82) is 0 Å². The highest BCUT2D eigenvalue weighted by atomic mass is 32.2. The average Bonchev–Trinajstić information content (AvgIpc) is 2.39. The lowest BCUT2D eigenvalue weighted by atomic mass is 9.95. The van der Waals surface area contributed by atoms with E-state index in [2.05, 4.69) is 36.5 Å². The molecule has 2 atom stereocenters. The second kappa shape index (κ2) is 7.70. The van der Waals surface area contributed by atoms with E-state index in [1.165, 1.54) is 4.90 Å². The number of hydrogen-bond donors (Lipinski definition) is 2. The van der Waals surface area contributed by atoms with Crippen LogP contribution < -0.4 is 11.1 Å². The molecule has 0 spiro atoms. The van der Waals surface area contributed by atoms with E-state index in [1.807, 2.05) is 25.6 Å². The molecule has 2 unspecified atom stereocenters. The van der Waals surface area contributed by atoms with Crippen LogP contribution in [0.3, 0.4) is 0 Å². The van der Waals surface area contributed by atoms with E-state index in [0.717, 1.165) is 17.7 Å². The molecule has 112 valence electrons. The molecule has 0 radical (unpaired) electrons. The first kappa shape index (κ1) is 17.1. The summed E-state index contributed by atoms with van der Waals surface area (Å²) in [6, 6.07) is 8.30. The Bertz CT molecular complexity index is 429. The van der Waals surface area contributed by atoms with Crippen molar-refractivity contribution in [2.24, 2.45) is 5.73 Å². The second-order valence-corrected chi connectivity index (χ2v) is 6.70. The molecular weight excluding hydrogens is 268 g/mol. The van der Waals surface area contributed by atoms with Gasteiger partial charge in [-0.15, -0.1) is 11.8 Å². The van der Waals surface area contributed by atoms with Crippen molar-refractivity contribution in [3.8, 4) is 0 Å². The molecule has 1 aromatic carbocycles. The SMILES string of the molecule is CCCC(C)(N)C(=O)NC(C)c1ccc(SCC)cc1. The predicted octanol–water partition coefficient (Wildman–Crippen LogP) is 3.49. The van der Waals surface area contributed by atoms with E-state index in [-0.39, 0.29) is 11.9 Å². The molecule has 1 amide bonds. The summed E-state index contributed by atoms with van der Waals surface area (Å²) in [5, 5.41) is 3.00. The monoisotopic (exact) mass is 294 g/mol. The second-order valence-electron chi connectivity index (χ2n) is 5.36. The van der Waals surface area contributed by atoms with Gasteiger partial charge in [-0.1, -0.05) is 32.4 Å². The number of benzene rings is 1. The number of hydrogen-bond acceptors (Lipinski definition) is 3. The minimum atomic E-state index is -0.791. The maximum absolute atomic E-state index is 12.2. The third-order valence-electron chi connectivity index (χ3n) is 3.33. The molecular formula is C16H26N2OS. The van der Waals surface area contributed by atoms with E-state index in [0.29, 0.717) is 6.42 Å². The van der Waals surface area contributed by atoms with Crippen molar-refractivity contribution >= 4 is 17.7 Å². The fraction of sp³-hybridized carbons (Fsp3) is 0.562. The Hall–Kier alpha value is -1.00. The summed E-state index contributed by atoms with van der Waals surface area (Å²) in [5.41, 5.74) is 6.36. The molecule has 1 rings (SSSR count). The van der Waals surface area contributed by atoms with Gasteiger partial charge in [-0.05, 0) is 43.7 Å². The lowest BCUT2D eigenvalue weighted by molar-refractivity contribution is -0.126. The number of nitrogens with two attached hydrogens (primary N) is 1. The van der Waals surface area contributed by atoms with Crippen LogP contribution >= 0.6 is 11.8 Å². The minimum Gasteiger partial charge on any atom is -0.348 e. The highest BCUT2D eigenvalue weighted by molar-refractivity contribution is 7.99. The molecule has 0 aliphatic carbocycles. The third-order valence-corrected chi connectivity index (χ3v) is 4.22. The summed E-state index contributed by atoms with van der Waals surface area (Å²) in [5.74, 6) is 0.979. The summed E-state index contributed by atoms with van der Waals surface area (Å²) in [6.07, 6.45) is 1.59. The number of amides is 1. The summed E-state index contributed by atoms with van der Waals surface area (Å²) < 4.78 is 0. The van der Waals surface area contributed by atoms with Gasteiger partial charge in [0.2, 0.25) is 5.91 Å². The Morgan fingerprint density at radius 1 is 1.35 bits per heavy atom. The molecule has 3 nitrogen and oxygen atoms in total. The fourth-order valence-electron chi connectivity index (χ4n) is 2.10. The van der Waals surface area contributed by atoms with Crippen LogP contribution in [0.5, 0.6) is 0 Å². The van der Waals surface area contributed by atoms with Gasteiger partial charge in [0.15, 0.2) is 0 Å². The number of carbonyl (C=O) groups excluding carboxylic acids is 1. The standard InChI is InChI=1S/C16H26N2OS/c1-5-11-16(4,17)15(19)18-12(3)13-7-9-14(10-8-13)20-6-2/h7-10,12H,5-6,11,17H2,1-4H3,(H,18,19). The lowest BCUT2D eigenvalue weighted by Gasteiger charge is -2.25. The van der Waals surface area contributed by atoms with Crippen LogP contribution in [0, 0.1) is 0 Å². The van der Waals surface area contributed by atoms with Crippen molar-refractivity contribution in [1.82, 2.24) is 5.32 Å². The van der Waals surface area contributed by atoms with Gasteiger partial charge in [-0.2, -0.15) is 0 Å². The van der Waals surface area contributed by atoms with Crippen LogP contribution in [0.2, 0.25) is 0 Å². The molecule has 4 heteroatoms. The summed E-state index contributed by atoms with van der Waals surface area (Å²) in [7, 11) is 0. The van der Waals surface area contributed by atoms with Crippen LogP contribution in [-0.2, 0) is 4.79 Å². The maximum Gasteiger partial charge on any atom is 0.240 e. The Morgan fingerprint density at radius 3 is 2.45 bits per heavy atom. The first-order valence-electron chi connectivity index (χ1n) is 7.23. The Morgan fingerprint density at radius 2 is 1.95 bits per heavy atom. The van der Waals surface area contributed by atoms with Gasteiger partial charge in [-0.3, -0.25) is 4.79 Å². The third kappa shape index (κ3) is 4.84. The molecule has 0 saturated carbocycles. The van der Waals surface area contributed by atoms with Gasteiger partial charge >= 0.3 is 0 Å². The Kier molecular flexibility index (Phi) is 6.56. The highest BCUT2D eigenvalue weighted by Gasteiger charge is 2.28. The summed E-state index contributed by atoms with van der Waals surface area (Å²) in [4.78, 5) is 13.4. The quantitative estimate of drug-likeness (QED) is 0.757. The number of nitrogens with one attached hydrogen (secondary N) is 1. The van der Waals surface area contributed by atoms with Crippen LogP contribution in [0.15, 0.2) is 29.2 Å². The van der Waals surface area contributed by atoms with Gasteiger partial charge in [0.05, 0.1) is 11.6 Å². The largest absolute Gasteiger partial charge is 0.348 e. The normalized spacial score (nSPS) is 15.4. The Labute approximate surface area is 126 Å². The number of rotatable bonds is 7. The number of thioether (sulfide) groups is 1. The molecule has 1 aromatic rings. The molecule has 0 bridgehead atoms. The molecule has 3 N–H and O–H groups in total. The van der Waals surface area contributed by atoms with Crippen molar-refractivity contribution < 1.29 is 4.79 Å². The zero-order chi connectivity index (χ0) is 15.2. The average molecular weight is 294 g/mol. The van der Waals surface area contributed by atoms with Gasteiger partial charge in [-0.25, -0.2) is 0 Å². The lowest BCUT2D eigenvalue weighted by Crippen LogP contribution is -2.52. The van der Waals surface area contributed by atoms with Crippen molar-refractivity contribution in [2.45, 2.75) is 57.0 Å². The zero-order valence-electron chi connectivity index (χ0n) is 12.9. The molecule has 0 aliphatic rings. The van der Waals surface area contributed by atoms with Gasteiger partial charge in [0, 0.05) is 4.90 Å². The molecule has 0 aromatic heterocycles. The van der Waals surface area contributed by atoms with Gasteiger partial charge < -0.3 is 11.1 Å². The summed E-state index contributed by atoms with van der Waals surface area (Å²) in [6.45, 7) is 7.95. The smallest absolute Gasteiger partial charge is 0.240 e. The van der Waals surface area contributed by atoms with Crippen LogP contribution in [-0.4, -0.2) is 17.2 Å². The fourth-order valence-corrected chi connectivity index (χ4v) is 2.76. The Balaban J connectivity index is 2.66. The molecule has 0 fully saturated rings. The molecule has 0 heterocycles. The van der Waals surface area contributed by atoms with Gasteiger partial charge in [0.25, 0.3) is 0 Å². The first-order chi connectivity index (χ1) is 9.40. The van der Waals surface area contributed by atoms with E-state index in [1.54, 1.807) is 6.92 Å². The minimum absolute atomic E-state index is 0.0251. The maximum atomic E-state index is 12.2. The van der Waals surface area contributed by atoms with E-state index in [4.69, 9.17) is 5.73 Å². The molecule has 20 heavy (non-hydrogen) atoms. The van der Waals surface area contributed by atoms with Gasteiger partial charge in [0.1, 0.15) is 0 Å². The molecule has 0 aliphatic heterocycles. The predicted molar refractivity (Wildman–Crippen MR) is 86.9 cm³/mol. The van der Waals surface area contributed by atoms with Crippen LogP contribution in [0.25, 0.3) is 0 Å². The highest BCUT2D eigenvalue weighted by Crippen LogP contribution is 2.21. The van der Waals surface area contributed by atoms with Crippen molar-refractivity contribution in [2.75, 3.05) is 5.75 Å². The van der Waals surface area contributed by atoms with E-state index in [9.17, 15) is 4.79 Å². The van der Waals surface area contributed by atoms with Crippen LogP contribution in [0.4, 0.5) is 0 Å². The van der Waals surface area contributed by atoms with Crippen LogP contribution in [0.1, 0.15) is 52.1 Å². The van der Waals surface area contributed by atoms with E-state index >= 15 is 0 Å².